The first-order chi connectivity index (χ1) is 9.22. The van der Waals surface area contributed by atoms with E-state index in [1.54, 1.807) is 6.20 Å². The van der Waals surface area contributed by atoms with Gasteiger partial charge in [-0.1, -0.05) is 6.07 Å². The van der Waals surface area contributed by atoms with Crippen molar-refractivity contribution in [1.82, 2.24) is 9.78 Å². The normalized spacial score (nSPS) is 18.4. The van der Waals surface area contributed by atoms with Crippen LogP contribution in [0.5, 0.6) is 0 Å². The summed E-state index contributed by atoms with van der Waals surface area (Å²) in [7, 11) is 0. The number of nitrogens with zero attached hydrogens (tertiary/aromatic N) is 2. The Balaban J connectivity index is 2.15. The van der Waals surface area contributed by atoms with Crippen molar-refractivity contribution in [2.75, 3.05) is 6.54 Å². The smallest absolute Gasteiger partial charge is 0.151 e. The zero-order valence-corrected chi connectivity index (χ0v) is 10.4. The Morgan fingerprint density at radius 1 is 1.32 bits per heavy atom. The molecule has 19 heavy (non-hydrogen) atoms. The Morgan fingerprint density at radius 2 is 2.05 bits per heavy atom. The van der Waals surface area contributed by atoms with Crippen LogP contribution in [0, 0.1) is 11.6 Å². The topological polar surface area (TPSA) is 43.8 Å². The molecule has 1 aromatic heterocycles. The highest BCUT2D eigenvalue weighted by molar-refractivity contribution is 5.39. The van der Waals surface area contributed by atoms with Crippen LogP contribution < -0.4 is 5.73 Å². The molecule has 0 spiro atoms. The van der Waals surface area contributed by atoms with Gasteiger partial charge in [-0.15, -0.1) is 0 Å². The molecule has 0 amide bonds. The average molecular weight is 263 g/mol. The summed E-state index contributed by atoms with van der Waals surface area (Å²) in [6.07, 6.45) is 4.45. The third-order valence-corrected chi connectivity index (χ3v) is 3.74. The van der Waals surface area contributed by atoms with Crippen LogP contribution in [-0.2, 0) is 6.42 Å². The van der Waals surface area contributed by atoms with Crippen LogP contribution in [0.1, 0.15) is 30.0 Å². The van der Waals surface area contributed by atoms with E-state index in [9.17, 15) is 8.78 Å². The van der Waals surface area contributed by atoms with Crippen LogP contribution in [0.25, 0.3) is 5.69 Å². The molecule has 2 N–H and O–H groups in total. The first kappa shape index (κ1) is 12.3. The Kier molecular flexibility index (Phi) is 3.06. The van der Waals surface area contributed by atoms with Crippen LogP contribution >= 0.6 is 0 Å². The molecule has 0 radical (unpaired) electrons. The zero-order chi connectivity index (χ0) is 13.4. The van der Waals surface area contributed by atoms with E-state index in [2.05, 4.69) is 5.10 Å². The molecule has 0 fully saturated rings. The minimum absolute atomic E-state index is 0.0959. The number of rotatable bonds is 2. The van der Waals surface area contributed by atoms with Crippen LogP contribution in [-0.4, -0.2) is 16.3 Å². The van der Waals surface area contributed by atoms with Crippen molar-refractivity contribution in [3.8, 4) is 5.69 Å². The quantitative estimate of drug-likeness (QED) is 0.904. The van der Waals surface area contributed by atoms with Gasteiger partial charge in [-0.2, -0.15) is 5.10 Å². The maximum Gasteiger partial charge on any atom is 0.151 e. The minimum atomic E-state index is -0.597. The fourth-order valence-electron chi connectivity index (χ4n) is 2.78. The summed E-state index contributed by atoms with van der Waals surface area (Å²) < 4.78 is 29.1. The molecule has 1 aliphatic rings. The van der Waals surface area contributed by atoms with E-state index in [-0.39, 0.29) is 11.6 Å². The highest BCUT2D eigenvalue weighted by Crippen LogP contribution is 2.32. The molecule has 2 aromatic rings. The number of benzene rings is 1. The van der Waals surface area contributed by atoms with E-state index < -0.39 is 11.6 Å². The number of hydrogen-bond acceptors (Lipinski definition) is 2. The second-order valence-electron chi connectivity index (χ2n) is 4.85. The summed E-state index contributed by atoms with van der Waals surface area (Å²) in [5, 5.41) is 4.17. The fraction of sp³-hybridized carbons (Fsp3) is 0.357. The summed E-state index contributed by atoms with van der Waals surface area (Å²) in [6, 6.07) is 3.85. The monoisotopic (exact) mass is 263 g/mol. The van der Waals surface area contributed by atoms with E-state index in [0.717, 1.165) is 30.5 Å². The Labute approximate surface area is 110 Å². The second-order valence-corrected chi connectivity index (χ2v) is 4.85. The molecule has 0 bridgehead atoms. The predicted molar refractivity (Wildman–Crippen MR) is 68.2 cm³/mol. The molecule has 3 nitrogen and oxygen atoms in total. The lowest BCUT2D eigenvalue weighted by Gasteiger charge is -2.21. The lowest BCUT2D eigenvalue weighted by molar-refractivity contribution is 0.530. The van der Waals surface area contributed by atoms with Gasteiger partial charge in [-0.05, 0) is 49.4 Å². The minimum Gasteiger partial charge on any atom is -0.330 e. The Hall–Kier alpha value is -1.75. The highest BCUT2D eigenvalue weighted by Gasteiger charge is 2.25. The van der Waals surface area contributed by atoms with Crippen molar-refractivity contribution in [3.63, 3.8) is 0 Å². The lowest BCUT2D eigenvalue weighted by Crippen LogP contribution is -2.19. The molecule has 1 aliphatic carbocycles. The summed E-state index contributed by atoms with van der Waals surface area (Å²) in [4.78, 5) is 0. The third kappa shape index (κ3) is 1.94. The van der Waals surface area contributed by atoms with Gasteiger partial charge in [0.2, 0.25) is 0 Å². The molecule has 1 aromatic carbocycles. The van der Waals surface area contributed by atoms with E-state index in [1.807, 2.05) is 0 Å². The Morgan fingerprint density at radius 3 is 2.74 bits per heavy atom. The van der Waals surface area contributed by atoms with Crippen molar-refractivity contribution in [2.45, 2.75) is 25.2 Å². The molecule has 1 atom stereocenters. The first-order valence-electron chi connectivity index (χ1n) is 6.43. The summed E-state index contributed by atoms with van der Waals surface area (Å²) in [5.41, 5.74) is 7.55. The van der Waals surface area contributed by atoms with Crippen molar-refractivity contribution < 1.29 is 8.78 Å². The number of para-hydroxylation sites is 1. The van der Waals surface area contributed by atoms with Gasteiger partial charge in [-0.3, -0.25) is 0 Å². The standard InChI is InChI=1S/C14H15F2N3/c15-11-4-2-5-12(16)14(11)19-13-6-1-3-9(7-17)10(13)8-18-19/h2,4-5,8-9H,1,3,6-7,17H2. The second kappa shape index (κ2) is 4.74. The van der Waals surface area contributed by atoms with Gasteiger partial charge in [0.05, 0.1) is 6.20 Å². The maximum atomic E-state index is 13.8. The fourth-order valence-corrected chi connectivity index (χ4v) is 2.78. The largest absolute Gasteiger partial charge is 0.330 e. The number of aromatic nitrogens is 2. The van der Waals surface area contributed by atoms with Gasteiger partial charge < -0.3 is 5.73 Å². The van der Waals surface area contributed by atoms with Gasteiger partial charge in [0.25, 0.3) is 0 Å². The molecule has 0 saturated heterocycles. The third-order valence-electron chi connectivity index (χ3n) is 3.74. The van der Waals surface area contributed by atoms with Gasteiger partial charge >= 0.3 is 0 Å². The van der Waals surface area contributed by atoms with Crippen molar-refractivity contribution in [3.05, 3.63) is 47.3 Å². The molecule has 0 aliphatic heterocycles. The number of halogens is 2. The summed E-state index contributed by atoms with van der Waals surface area (Å²) in [5.74, 6) is -0.950. The Bertz CT molecular complexity index is 586. The van der Waals surface area contributed by atoms with Crippen LogP contribution in [0.3, 0.4) is 0 Å². The van der Waals surface area contributed by atoms with Crippen molar-refractivity contribution in [2.24, 2.45) is 5.73 Å². The van der Waals surface area contributed by atoms with Crippen LogP contribution in [0.15, 0.2) is 24.4 Å². The summed E-state index contributed by atoms with van der Waals surface area (Å²) in [6.45, 7) is 0.540. The molecule has 0 saturated carbocycles. The SMILES string of the molecule is NCC1CCCc2c1cnn2-c1c(F)cccc1F. The van der Waals surface area contributed by atoms with Gasteiger partial charge in [0.1, 0.15) is 5.69 Å². The lowest BCUT2D eigenvalue weighted by atomic mass is 9.87. The van der Waals surface area contributed by atoms with E-state index in [1.165, 1.54) is 22.9 Å². The molecule has 1 heterocycles. The van der Waals surface area contributed by atoms with Crippen molar-refractivity contribution >= 4 is 0 Å². The number of nitrogens with two attached hydrogens (primary N) is 1. The van der Waals surface area contributed by atoms with E-state index >= 15 is 0 Å². The van der Waals surface area contributed by atoms with Crippen molar-refractivity contribution in [1.29, 1.82) is 0 Å². The maximum absolute atomic E-state index is 13.8. The number of fused-ring (bicyclic) bond motifs is 1. The molecular formula is C14H15F2N3. The molecule has 3 rings (SSSR count). The molecule has 100 valence electrons. The van der Waals surface area contributed by atoms with E-state index in [4.69, 9.17) is 5.73 Å². The predicted octanol–water partition coefficient (Wildman–Crippen LogP) is 2.53. The number of hydrogen-bond donors (Lipinski definition) is 1. The molecular weight excluding hydrogens is 248 g/mol. The van der Waals surface area contributed by atoms with Crippen LogP contribution in [0.2, 0.25) is 0 Å². The van der Waals surface area contributed by atoms with Gasteiger partial charge in [-0.25, -0.2) is 13.5 Å². The van der Waals surface area contributed by atoms with Gasteiger partial charge in [0, 0.05) is 5.69 Å². The summed E-state index contributed by atoms with van der Waals surface area (Å²) >= 11 is 0. The molecule has 1 unspecified atom stereocenters. The first-order valence-corrected chi connectivity index (χ1v) is 6.43. The highest BCUT2D eigenvalue weighted by atomic mass is 19.1. The zero-order valence-electron chi connectivity index (χ0n) is 10.4. The van der Waals surface area contributed by atoms with Crippen LogP contribution in [0.4, 0.5) is 8.78 Å². The molecule has 5 heteroatoms. The van der Waals surface area contributed by atoms with E-state index in [0.29, 0.717) is 6.54 Å². The average Bonchev–Trinajstić information content (AvgIpc) is 2.82. The van der Waals surface area contributed by atoms with Gasteiger partial charge in [0.15, 0.2) is 11.6 Å².